The quantitative estimate of drug-likeness (QED) is 0.523. The second kappa shape index (κ2) is 6.88. The fourth-order valence-corrected chi connectivity index (χ4v) is 7.98. The van der Waals surface area contributed by atoms with Crippen LogP contribution in [0.3, 0.4) is 0 Å². The third kappa shape index (κ3) is 3.24. The number of rotatable bonds is 3. The summed E-state index contributed by atoms with van der Waals surface area (Å²) in [4.78, 5) is 25.0. The smallest absolute Gasteiger partial charge is 0.192 e. The molecule has 0 spiro atoms. The van der Waals surface area contributed by atoms with Crippen LogP contribution in [0.25, 0.3) is 0 Å². The van der Waals surface area contributed by atoms with E-state index in [1.807, 2.05) is 6.08 Å². The van der Waals surface area contributed by atoms with Gasteiger partial charge in [-0.1, -0.05) is 33.3 Å². The monoisotopic (exact) mass is 416 g/mol. The van der Waals surface area contributed by atoms with E-state index in [4.69, 9.17) is 4.43 Å². The van der Waals surface area contributed by atoms with Gasteiger partial charge < -0.3 is 4.43 Å². The van der Waals surface area contributed by atoms with Gasteiger partial charge in [0.15, 0.2) is 14.1 Å². The standard InChI is InChI=1S/C25H40O3Si/c1-23(2,3)29(5,6)28-16-25-14-11-18(26)15-17(25)7-8-19-20-9-10-22(27)24(20,4)13-12-21(19)25/h15,19-21H,7-14,16H2,1-6H3/t19-,20-,21-,24-,25?/m0/s1. The Hall–Kier alpha value is -0.743. The first-order valence-corrected chi connectivity index (χ1v) is 14.7. The minimum atomic E-state index is -1.86. The van der Waals surface area contributed by atoms with Crippen molar-refractivity contribution in [2.45, 2.75) is 97.2 Å². The number of carbonyl (C=O) groups excluding carboxylic acids is 2. The van der Waals surface area contributed by atoms with Crippen LogP contribution in [0.15, 0.2) is 11.6 Å². The van der Waals surface area contributed by atoms with Crippen molar-refractivity contribution in [2.75, 3.05) is 6.61 Å². The normalized spacial score (nSPS) is 40.2. The highest BCUT2D eigenvalue weighted by atomic mass is 28.4. The summed E-state index contributed by atoms with van der Waals surface area (Å²) in [6.45, 7) is 14.6. The number of fused-ring (bicyclic) bond motifs is 5. The molecule has 29 heavy (non-hydrogen) atoms. The maximum absolute atomic E-state index is 12.7. The van der Waals surface area contributed by atoms with Gasteiger partial charge in [0, 0.05) is 30.3 Å². The van der Waals surface area contributed by atoms with Gasteiger partial charge in [-0.15, -0.1) is 0 Å². The lowest BCUT2D eigenvalue weighted by Crippen LogP contribution is -2.55. The van der Waals surface area contributed by atoms with Crippen LogP contribution in [-0.2, 0) is 14.0 Å². The molecule has 3 saturated carbocycles. The lowest BCUT2D eigenvalue weighted by atomic mass is 9.47. The molecule has 4 aliphatic carbocycles. The lowest BCUT2D eigenvalue weighted by Gasteiger charge is -2.58. The van der Waals surface area contributed by atoms with E-state index in [9.17, 15) is 9.59 Å². The van der Waals surface area contributed by atoms with Crippen molar-refractivity contribution in [1.82, 2.24) is 0 Å². The minimum absolute atomic E-state index is 0.0271. The average molecular weight is 417 g/mol. The van der Waals surface area contributed by atoms with E-state index in [2.05, 4.69) is 40.8 Å². The van der Waals surface area contributed by atoms with E-state index in [1.54, 1.807) is 0 Å². The molecule has 0 amide bonds. The molecule has 0 radical (unpaired) electrons. The molecule has 1 unspecified atom stereocenters. The van der Waals surface area contributed by atoms with E-state index in [0.29, 0.717) is 35.7 Å². The molecule has 4 heteroatoms. The Labute approximate surface area is 178 Å². The summed E-state index contributed by atoms with van der Waals surface area (Å²) in [5, 5.41) is 0.190. The first-order chi connectivity index (χ1) is 13.4. The van der Waals surface area contributed by atoms with Crippen molar-refractivity contribution in [2.24, 2.45) is 28.6 Å². The van der Waals surface area contributed by atoms with Crippen LogP contribution in [0.4, 0.5) is 0 Å². The largest absolute Gasteiger partial charge is 0.416 e. The molecule has 0 heterocycles. The summed E-state index contributed by atoms with van der Waals surface area (Å²) in [6.07, 6.45) is 9.78. The Morgan fingerprint density at radius 1 is 1.03 bits per heavy atom. The first kappa shape index (κ1) is 21.5. The maximum Gasteiger partial charge on any atom is 0.192 e. The predicted octanol–water partition coefficient (Wildman–Crippen LogP) is 6.09. The van der Waals surface area contributed by atoms with E-state index in [1.165, 1.54) is 5.57 Å². The van der Waals surface area contributed by atoms with Gasteiger partial charge in [-0.05, 0) is 80.5 Å². The molecule has 0 N–H and O–H groups in total. The van der Waals surface area contributed by atoms with Crippen LogP contribution in [-0.4, -0.2) is 26.5 Å². The second-order valence-electron chi connectivity index (χ2n) is 12.2. The van der Waals surface area contributed by atoms with Gasteiger partial charge in [0.1, 0.15) is 5.78 Å². The summed E-state index contributed by atoms with van der Waals surface area (Å²) < 4.78 is 6.86. The topological polar surface area (TPSA) is 43.4 Å². The number of hydrogen-bond acceptors (Lipinski definition) is 3. The number of ketones is 2. The van der Waals surface area contributed by atoms with Crippen LogP contribution >= 0.6 is 0 Å². The van der Waals surface area contributed by atoms with Gasteiger partial charge in [-0.25, -0.2) is 0 Å². The molecule has 4 aliphatic rings. The molecule has 0 bridgehead atoms. The molecule has 0 aromatic carbocycles. The van der Waals surface area contributed by atoms with Crippen LogP contribution in [0.5, 0.6) is 0 Å². The second-order valence-corrected chi connectivity index (χ2v) is 17.0. The van der Waals surface area contributed by atoms with Gasteiger partial charge >= 0.3 is 0 Å². The lowest BCUT2D eigenvalue weighted by molar-refractivity contribution is -0.133. The van der Waals surface area contributed by atoms with Crippen LogP contribution < -0.4 is 0 Å². The highest BCUT2D eigenvalue weighted by molar-refractivity contribution is 6.74. The maximum atomic E-state index is 12.7. The SMILES string of the molecule is CC(C)(C)[Si](C)(C)OCC12CCC(=O)C=C1CC[C@@H]1[C@@H]2CC[C@]2(C)C(=O)CC[C@@H]12. The Bertz CT molecular complexity index is 746. The van der Waals surface area contributed by atoms with Crippen molar-refractivity contribution < 1.29 is 14.0 Å². The average Bonchev–Trinajstić information content (AvgIpc) is 2.94. The zero-order chi connectivity index (χ0) is 21.2. The van der Waals surface area contributed by atoms with Crippen LogP contribution in [0.1, 0.15) is 79.1 Å². The van der Waals surface area contributed by atoms with Gasteiger partial charge in [0.25, 0.3) is 0 Å². The van der Waals surface area contributed by atoms with Gasteiger partial charge in [-0.3, -0.25) is 9.59 Å². The third-order valence-electron chi connectivity index (χ3n) is 9.89. The number of hydrogen-bond donors (Lipinski definition) is 0. The highest BCUT2D eigenvalue weighted by Gasteiger charge is 2.60. The first-order valence-electron chi connectivity index (χ1n) is 11.8. The third-order valence-corrected chi connectivity index (χ3v) is 14.4. The molecule has 4 rings (SSSR count). The van der Waals surface area contributed by atoms with E-state index in [-0.39, 0.29) is 15.9 Å². The van der Waals surface area contributed by atoms with Crippen molar-refractivity contribution in [3.05, 3.63) is 11.6 Å². The van der Waals surface area contributed by atoms with Crippen molar-refractivity contribution >= 4 is 19.9 Å². The predicted molar refractivity (Wildman–Crippen MR) is 119 cm³/mol. The molecule has 3 fully saturated rings. The zero-order valence-electron chi connectivity index (χ0n) is 19.4. The van der Waals surface area contributed by atoms with Crippen molar-refractivity contribution in [3.63, 3.8) is 0 Å². The number of Topliss-reactive ketones (excluding diaryl/α,β-unsaturated/α-hetero) is 1. The number of carbonyl (C=O) groups is 2. The zero-order valence-corrected chi connectivity index (χ0v) is 20.4. The molecule has 0 aromatic rings. The van der Waals surface area contributed by atoms with Gasteiger partial charge in [0.05, 0.1) is 0 Å². The molecule has 0 aliphatic heterocycles. The molecule has 0 aromatic heterocycles. The van der Waals surface area contributed by atoms with Gasteiger partial charge in [-0.2, -0.15) is 0 Å². The fourth-order valence-electron chi connectivity index (χ4n) is 6.93. The van der Waals surface area contributed by atoms with Gasteiger partial charge in [0.2, 0.25) is 0 Å². The summed E-state index contributed by atoms with van der Waals surface area (Å²) in [7, 11) is -1.86. The van der Waals surface area contributed by atoms with E-state index < -0.39 is 8.32 Å². The Morgan fingerprint density at radius 2 is 1.76 bits per heavy atom. The Kier molecular flexibility index (Phi) is 5.10. The minimum Gasteiger partial charge on any atom is -0.416 e. The van der Waals surface area contributed by atoms with Crippen LogP contribution in [0, 0.1) is 28.6 Å². The van der Waals surface area contributed by atoms with Crippen molar-refractivity contribution in [3.8, 4) is 0 Å². The summed E-state index contributed by atoms with van der Waals surface area (Å²) in [5.74, 6) is 2.54. The summed E-state index contributed by atoms with van der Waals surface area (Å²) in [5.41, 5.74) is 1.31. The summed E-state index contributed by atoms with van der Waals surface area (Å²) in [6, 6.07) is 0. The molecular formula is C25H40O3Si. The van der Waals surface area contributed by atoms with Crippen LogP contribution in [0.2, 0.25) is 18.1 Å². The van der Waals surface area contributed by atoms with E-state index in [0.717, 1.165) is 51.6 Å². The van der Waals surface area contributed by atoms with Crippen molar-refractivity contribution in [1.29, 1.82) is 0 Å². The Balaban J connectivity index is 1.68. The molecule has 3 nitrogen and oxygen atoms in total. The Morgan fingerprint density at radius 3 is 2.45 bits per heavy atom. The van der Waals surface area contributed by atoms with E-state index >= 15 is 0 Å². The fraction of sp³-hybridized carbons (Fsp3) is 0.840. The molecule has 162 valence electrons. The molecule has 0 saturated heterocycles. The molecular weight excluding hydrogens is 376 g/mol. The summed E-state index contributed by atoms with van der Waals surface area (Å²) >= 11 is 0. The highest BCUT2D eigenvalue weighted by Crippen LogP contribution is 2.64. The molecule has 5 atom stereocenters.